The molecule has 3 heterocycles. The molecule has 3 aliphatic rings. The highest BCUT2D eigenvalue weighted by molar-refractivity contribution is 6.11. The molecule has 0 amide bonds. The Morgan fingerprint density at radius 1 is 0.391 bits per heavy atom. The molecule has 2 atom stereocenters. The summed E-state index contributed by atoms with van der Waals surface area (Å²) in [7, 11) is 0. The molecule has 3 aliphatic carbocycles. The van der Waals surface area contributed by atoms with E-state index in [0.717, 1.165) is 49.8 Å². The molecule has 0 N–H and O–H groups in total. The molecule has 5 nitrogen and oxygen atoms in total. The first-order valence-electron chi connectivity index (χ1n) is 23.8. The van der Waals surface area contributed by atoms with Gasteiger partial charge in [0, 0.05) is 55.8 Å². The second kappa shape index (κ2) is 14.5. The van der Waals surface area contributed by atoms with E-state index in [9.17, 15) is 0 Å². The molecule has 0 bridgehead atoms. The number of fused-ring (bicyclic) bond motifs is 16. The van der Waals surface area contributed by atoms with Crippen molar-refractivity contribution in [2.75, 3.05) is 0 Å². The van der Waals surface area contributed by atoms with Crippen molar-refractivity contribution in [1.29, 1.82) is 0 Å². The number of para-hydroxylation sites is 1. The van der Waals surface area contributed by atoms with Crippen molar-refractivity contribution < 1.29 is 4.42 Å². The van der Waals surface area contributed by atoms with Gasteiger partial charge in [-0.1, -0.05) is 176 Å². The first kappa shape index (κ1) is 38.2. The van der Waals surface area contributed by atoms with Gasteiger partial charge in [0.2, 0.25) is 0 Å². The molecule has 1 spiro atoms. The summed E-state index contributed by atoms with van der Waals surface area (Å²) in [6, 6.07) is 74.3. The van der Waals surface area contributed by atoms with Crippen LogP contribution in [0.4, 0.5) is 0 Å². The van der Waals surface area contributed by atoms with Gasteiger partial charge in [-0.05, 0) is 99.1 Å². The zero-order chi connectivity index (χ0) is 45.2. The van der Waals surface area contributed by atoms with E-state index in [1.54, 1.807) is 0 Å². The van der Waals surface area contributed by atoms with Gasteiger partial charge in [-0.25, -0.2) is 15.0 Å². The van der Waals surface area contributed by atoms with Gasteiger partial charge in [0.25, 0.3) is 0 Å². The van der Waals surface area contributed by atoms with Crippen LogP contribution < -0.4 is 0 Å². The Bertz CT molecular complexity index is 4060. The van der Waals surface area contributed by atoms with Crippen molar-refractivity contribution in [3.63, 3.8) is 0 Å². The lowest BCUT2D eigenvalue weighted by atomic mass is 9.65. The number of hydrogen-bond donors (Lipinski definition) is 0. The fraction of sp³-hybridized carbons (Fsp3) is 0.0469. The van der Waals surface area contributed by atoms with E-state index >= 15 is 0 Å². The summed E-state index contributed by atoms with van der Waals surface area (Å²) in [6.45, 7) is 0. The summed E-state index contributed by atoms with van der Waals surface area (Å²) >= 11 is 0. The third-order valence-corrected chi connectivity index (χ3v) is 15.1. The van der Waals surface area contributed by atoms with E-state index in [1.165, 1.54) is 60.9 Å². The van der Waals surface area contributed by atoms with Crippen LogP contribution in [-0.2, 0) is 5.41 Å². The minimum atomic E-state index is -0.293. The maximum absolute atomic E-state index is 6.57. The van der Waals surface area contributed by atoms with Crippen molar-refractivity contribution >= 4 is 43.7 Å². The number of allylic oxidation sites excluding steroid dienone is 4. The number of hydrogen-bond acceptors (Lipinski definition) is 4. The minimum absolute atomic E-state index is 0.279. The lowest BCUT2D eigenvalue weighted by molar-refractivity contribution is 0.465. The van der Waals surface area contributed by atoms with Gasteiger partial charge in [0.1, 0.15) is 11.2 Å². The van der Waals surface area contributed by atoms with Gasteiger partial charge >= 0.3 is 0 Å². The van der Waals surface area contributed by atoms with Crippen LogP contribution in [-0.4, -0.2) is 19.5 Å². The standard InChI is InChI=1S/C64H40N4O/c1-3-15-39(16-4-1)61-65-62(40-17-5-2-6-18-40)67-63(66-61)43-27-31-50-52-36-42(29-34-59(52)69-60(50)37-43)41-28-33-58-51(35-41)49-22-10-14-26-57(49)68(58)44-30-32-48-47-21-9-13-25-55(47)64(56(48)38-44)53-23-11-7-19-45(53)46-20-8-12-24-54(46)64/h1-38,47,55H. The Hall–Kier alpha value is -8.93. The van der Waals surface area contributed by atoms with Crippen LogP contribution in [0.15, 0.2) is 235 Å². The van der Waals surface area contributed by atoms with Crippen LogP contribution >= 0.6 is 0 Å². The maximum Gasteiger partial charge on any atom is 0.164 e. The number of benzene rings is 9. The van der Waals surface area contributed by atoms with E-state index in [4.69, 9.17) is 19.4 Å². The van der Waals surface area contributed by atoms with Crippen LogP contribution in [0.5, 0.6) is 0 Å². The third-order valence-electron chi connectivity index (χ3n) is 15.1. The Labute approximate surface area is 398 Å². The van der Waals surface area contributed by atoms with E-state index < -0.39 is 0 Å². The molecule has 9 aromatic carbocycles. The molecule has 69 heavy (non-hydrogen) atoms. The van der Waals surface area contributed by atoms with Crippen molar-refractivity contribution in [2.24, 2.45) is 5.92 Å². The third kappa shape index (κ3) is 5.50. The number of aromatic nitrogens is 4. The van der Waals surface area contributed by atoms with E-state index in [-0.39, 0.29) is 11.3 Å². The van der Waals surface area contributed by atoms with E-state index in [2.05, 4.69) is 174 Å². The Kier molecular flexibility index (Phi) is 8.05. The van der Waals surface area contributed by atoms with Gasteiger partial charge in [-0.15, -0.1) is 0 Å². The SMILES string of the molecule is C1=CC2c3ccc(-n4c5ccccc5c5cc(-c6ccc7oc8cc(-c9nc(-c%10ccccc%10)nc(-c%10ccccc%10)n9)ccc8c7c6)ccc54)cc3C3(c4ccccc4-c4ccccc43)C2C=C1. The number of furan rings is 1. The molecule has 0 fully saturated rings. The lowest BCUT2D eigenvalue weighted by Crippen LogP contribution is -2.33. The highest BCUT2D eigenvalue weighted by atomic mass is 16.3. The monoisotopic (exact) mass is 880 g/mol. The molecule has 12 aromatic rings. The van der Waals surface area contributed by atoms with Gasteiger partial charge in [-0.2, -0.15) is 0 Å². The largest absolute Gasteiger partial charge is 0.456 e. The molecule has 0 radical (unpaired) electrons. The number of nitrogens with zero attached hydrogens (tertiary/aromatic N) is 4. The summed E-state index contributed by atoms with van der Waals surface area (Å²) in [5.74, 6) is 2.43. The van der Waals surface area contributed by atoms with E-state index in [1.807, 2.05) is 60.7 Å². The fourth-order valence-corrected chi connectivity index (χ4v) is 12.2. The Balaban J connectivity index is 0.841. The quantitative estimate of drug-likeness (QED) is 0.173. The fourth-order valence-electron chi connectivity index (χ4n) is 12.2. The van der Waals surface area contributed by atoms with Crippen molar-refractivity contribution in [2.45, 2.75) is 11.3 Å². The summed E-state index contributed by atoms with van der Waals surface area (Å²) in [4.78, 5) is 14.8. The van der Waals surface area contributed by atoms with Crippen LogP contribution in [0.1, 0.15) is 28.2 Å². The molecule has 0 aliphatic heterocycles. The summed E-state index contributed by atoms with van der Waals surface area (Å²) in [5, 5.41) is 4.56. The zero-order valence-corrected chi connectivity index (χ0v) is 37.3. The highest BCUT2D eigenvalue weighted by Crippen LogP contribution is 2.65. The zero-order valence-electron chi connectivity index (χ0n) is 37.3. The predicted molar refractivity (Wildman–Crippen MR) is 279 cm³/mol. The van der Waals surface area contributed by atoms with E-state index in [0.29, 0.717) is 23.4 Å². The molecule has 0 saturated carbocycles. The highest BCUT2D eigenvalue weighted by Gasteiger charge is 2.57. The topological polar surface area (TPSA) is 56.7 Å². The average molecular weight is 881 g/mol. The molecule has 2 unspecified atom stereocenters. The van der Waals surface area contributed by atoms with Gasteiger partial charge < -0.3 is 8.98 Å². The second-order valence-corrected chi connectivity index (χ2v) is 18.6. The normalized spacial score (nSPS) is 16.1. The van der Waals surface area contributed by atoms with Crippen LogP contribution in [0.25, 0.3) is 106 Å². The molecule has 5 heteroatoms. The summed E-state index contributed by atoms with van der Waals surface area (Å²) in [6.07, 6.45) is 9.38. The minimum Gasteiger partial charge on any atom is -0.456 e. The van der Waals surface area contributed by atoms with Crippen molar-refractivity contribution in [1.82, 2.24) is 19.5 Å². The van der Waals surface area contributed by atoms with Crippen molar-refractivity contribution in [3.8, 4) is 62.1 Å². The maximum atomic E-state index is 6.57. The predicted octanol–water partition coefficient (Wildman–Crippen LogP) is 15.7. The smallest absolute Gasteiger partial charge is 0.164 e. The average Bonchev–Trinajstić information content (AvgIpc) is 4.14. The molecule has 3 aromatic heterocycles. The molecule has 15 rings (SSSR count). The lowest BCUT2D eigenvalue weighted by Gasteiger charge is -2.36. The van der Waals surface area contributed by atoms with Crippen LogP contribution in [0.2, 0.25) is 0 Å². The number of rotatable bonds is 5. The van der Waals surface area contributed by atoms with Crippen molar-refractivity contribution in [3.05, 3.63) is 253 Å². The second-order valence-electron chi connectivity index (χ2n) is 18.6. The molecular weight excluding hydrogens is 841 g/mol. The summed E-state index contributed by atoms with van der Waals surface area (Å²) < 4.78 is 9.05. The Morgan fingerprint density at radius 2 is 0.986 bits per heavy atom. The van der Waals surface area contributed by atoms with Crippen LogP contribution in [0.3, 0.4) is 0 Å². The molecule has 322 valence electrons. The van der Waals surface area contributed by atoms with Crippen LogP contribution in [0, 0.1) is 5.92 Å². The first-order chi connectivity index (χ1) is 34.2. The molecule has 0 saturated heterocycles. The summed E-state index contributed by atoms with van der Waals surface area (Å²) in [5.41, 5.74) is 18.2. The first-order valence-corrected chi connectivity index (χ1v) is 23.8. The van der Waals surface area contributed by atoms with Gasteiger partial charge in [0.05, 0.1) is 16.4 Å². The van der Waals surface area contributed by atoms with Gasteiger partial charge in [-0.3, -0.25) is 0 Å². The Morgan fingerprint density at radius 3 is 1.72 bits per heavy atom. The van der Waals surface area contributed by atoms with Gasteiger partial charge in [0.15, 0.2) is 17.5 Å². The molecular formula is C64H40N4O.